The van der Waals surface area contributed by atoms with Crippen LogP contribution >= 0.6 is 0 Å². The summed E-state index contributed by atoms with van der Waals surface area (Å²) in [6, 6.07) is 8.97. The lowest BCUT2D eigenvalue weighted by atomic mass is 9.84. The van der Waals surface area contributed by atoms with E-state index in [1.807, 2.05) is 18.2 Å². The molecule has 3 heteroatoms. The largest absolute Gasteiger partial charge is 0.511 e. The third-order valence-corrected chi connectivity index (χ3v) is 7.09. The maximum Gasteiger partial charge on any atom is 0.196 e. The molecule has 1 aromatic carbocycles. The highest BCUT2D eigenvalue weighted by molar-refractivity contribution is 6.11. The van der Waals surface area contributed by atoms with Gasteiger partial charge in [-0.3, -0.25) is 4.79 Å². The van der Waals surface area contributed by atoms with Crippen LogP contribution in [0, 0.1) is 0 Å². The molecule has 2 N–H and O–H groups in total. The van der Waals surface area contributed by atoms with Crippen molar-refractivity contribution in [2.24, 2.45) is 0 Å². The first-order chi connectivity index (χ1) is 16.6. The summed E-state index contributed by atoms with van der Waals surface area (Å²) in [6.07, 6.45) is 25.2. The Labute approximate surface area is 208 Å². The fourth-order valence-corrected chi connectivity index (χ4v) is 4.88. The van der Waals surface area contributed by atoms with Crippen molar-refractivity contribution < 1.29 is 15.0 Å². The number of Topliss-reactive ketones (excluding diaryl/α,β-unsaturated/α-hetero) is 1. The molecule has 0 amide bonds. The molecule has 0 saturated carbocycles. The minimum absolute atomic E-state index is 0.00431. The summed E-state index contributed by atoms with van der Waals surface area (Å²) in [4.78, 5) is 12.6. The summed E-state index contributed by atoms with van der Waals surface area (Å²) < 4.78 is 0. The van der Waals surface area contributed by atoms with E-state index in [1.165, 1.54) is 89.9 Å². The molecule has 0 fully saturated rings. The zero-order valence-corrected chi connectivity index (χ0v) is 21.6. The summed E-state index contributed by atoms with van der Waals surface area (Å²) in [7, 11) is 0. The Morgan fingerprint density at radius 2 is 1.24 bits per heavy atom. The molecule has 0 aromatic heterocycles. The van der Waals surface area contributed by atoms with Crippen molar-refractivity contribution in [1.82, 2.24) is 0 Å². The number of allylic oxidation sites excluding steroid dienone is 2. The number of carbonyl (C=O) groups excluding carboxylic acids is 1. The lowest BCUT2D eigenvalue weighted by Gasteiger charge is -2.28. The Kier molecular flexibility index (Phi) is 13.9. The zero-order valence-electron chi connectivity index (χ0n) is 21.6. The molecule has 1 aliphatic carbocycles. The van der Waals surface area contributed by atoms with Crippen molar-refractivity contribution in [1.29, 1.82) is 0 Å². The van der Waals surface area contributed by atoms with E-state index in [-0.39, 0.29) is 18.0 Å². The van der Waals surface area contributed by atoms with Gasteiger partial charge in [-0.15, -0.1) is 0 Å². The molecule has 0 aliphatic heterocycles. The first-order valence-corrected chi connectivity index (χ1v) is 14.0. The Bertz CT molecular complexity index is 749. The minimum Gasteiger partial charge on any atom is -0.511 e. The molecule has 3 nitrogen and oxygen atoms in total. The quantitative estimate of drug-likeness (QED) is 0.157. The van der Waals surface area contributed by atoms with Crippen LogP contribution in [0.1, 0.15) is 133 Å². The third-order valence-electron chi connectivity index (χ3n) is 7.09. The van der Waals surface area contributed by atoms with Crippen LogP contribution in [0.4, 0.5) is 0 Å². The summed E-state index contributed by atoms with van der Waals surface area (Å²) in [5.74, 6) is -0.200. The highest BCUT2D eigenvalue weighted by Gasteiger charge is 2.31. The molecule has 1 atom stereocenters. The van der Waals surface area contributed by atoms with Gasteiger partial charge >= 0.3 is 0 Å². The molecule has 1 aliphatic rings. The van der Waals surface area contributed by atoms with Gasteiger partial charge < -0.3 is 10.2 Å². The predicted octanol–water partition coefficient (Wildman–Crippen LogP) is 9.02. The molecule has 2 rings (SSSR count). The zero-order chi connectivity index (χ0) is 24.5. The highest BCUT2D eigenvalue weighted by Crippen LogP contribution is 2.31. The summed E-state index contributed by atoms with van der Waals surface area (Å²) in [5, 5.41) is 21.3. The molecule has 1 unspecified atom stereocenters. The van der Waals surface area contributed by atoms with Gasteiger partial charge in [-0.05, 0) is 12.5 Å². The summed E-state index contributed by atoms with van der Waals surface area (Å²) in [6.45, 7) is 2.27. The van der Waals surface area contributed by atoms with E-state index in [9.17, 15) is 15.0 Å². The Hall–Kier alpha value is -1.87. The van der Waals surface area contributed by atoms with Crippen LogP contribution in [0.15, 0.2) is 53.8 Å². The predicted molar refractivity (Wildman–Crippen MR) is 143 cm³/mol. The molecule has 0 heterocycles. The molecule has 0 bridgehead atoms. The first-order valence-electron chi connectivity index (χ1n) is 14.0. The van der Waals surface area contributed by atoms with Crippen LogP contribution in [0.3, 0.4) is 0 Å². The average molecular weight is 469 g/mol. The van der Waals surface area contributed by atoms with Crippen molar-refractivity contribution in [3.63, 3.8) is 0 Å². The fraction of sp³-hybridized carbons (Fsp3) is 0.645. The van der Waals surface area contributed by atoms with Gasteiger partial charge in [-0.2, -0.15) is 0 Å². The van der Waals surface area contributed by atoms with E-state index in [2.05, 4.69) is 6.92 Å². The smallest absolute Gasteiger partial charge is 0.196 e. The molecule has 0 spiro atoms. The van der Waals surface area contributed by atoms with Gasteiger partial charge in [0.2, 0.25) is 0 Å². The number of aliphatic hydroxyl groups excluding tert-OH is 1. The van der Waals surface area contributed by atoms with Gasteiger partial charge in [-0.25, -0.2) is 0 Å². The van der Waals surface area contributed by atoms with Crippen LogP contribution in [0.5, 0.6) is 0 Å². The standard InChI is InChI=1S/C31H48O3/c1-2-3-4-5-6-7-8-9-10-11-12-13-14-15-16-20-24-31(34)25-23-28(29(32)26-31)30(33)27-21-18-17-19-22-27/h17-19,21-23,25,32,34H,2-16,20,24,26H2,1H3. The third kappa shape index (κ3) is 11.0. The molecule has 0 saturated heterocycles. The number of hydrogen-bond donors (Lipinski definition) is 2. The van der Waals surface area contributed by atoms with Crippen molar-refractivity contribution in [2.75, 3.05) is 0 Å². The van der Waals surface area contributed by atoms with Crippen molar-refractivity contribution in [3.05, 3.63) is 59.4 Å². The number of benzene rings is 1. The SMILES string of the molecule is CCCCCCCCCCCCCCCCCCC1(O)C=CC(C(=O)c2ccccc2)=C(O)C1. The second-order valence-electron chi connectivity index (χ2n) is 10.2. The van der Waals surface area contributed by atoms with Crippen LogP contribution in [-0.4, -0.2) is 21.6 Å². The molecule has 34 heavy (non-hydrogen) atoms. The van der Waals surface area contributed by atoms with Gasteiger partial charge in [0.1, 0.15) is 5.76 Å². The number of aliphatic hydroxyl groups is 2. The van der Waals surface area contributed by atoms with Gasteiger partial charge in [0.25, 0.3) is 0 Å². The maximum atomic E-state index is 12.6. The summed E-state index contributed by atoms with van der Waals surface area (Å²) in [5.41, 5.74) is -0.194. The maximum absolute atomic E-state index is 12.6. The highest BCUT2D eigenvalue weighted by atomic mass is 16.3. The van der Waals surface area contributed by atoms with E-state index in [1.54, 1.807) is 24.3 Å². The number of ketones is 1. The number of hydrogen-bond acceptors (Lipinski definition) is 3. The van der Waals surface area contributed by atoms with Crippen molar-refractivity contribution >= 4 is 5.78 Å². The van der Waals surface area contributed by atoms with Crippen LogP contribution in [-0.2, 0) is 0 Å². The van der Waals surface area contributed by atoms with Gasteiger partial charge in [0.15, 0.2) is 5.78 Å². The molecule has 190 valence electrons. The second kappa shape index (κ2) is 16.7. The Morgan fingerprint density at radius 1 is 0.765 bits per heavy atom. The van der Waals surface area contributed by atoms with E-state index in [0.717, 1.165) is 12.8 Å². The first kappa shape index (κ1) is 28.4. The fourth-order valence-electron chi connectivity index (χ4n) is 4.88. The Morgan fingerprint density at radius 3 is 1.71 bits per heavy atom. The normalized spacial score (nSPS) is 17.9. The number of rotatable bonds is 19. The van der Waals surface area contributed by atoms with Crippen LogP contribution in [0.2, 0.25) is 0 Å². The van der Waals surface area contributed by atoms with Gasteiger partial charge in [0, 0.05) is 12.0 Å². The average Bonchev–Trinajstić information content (AvgIpc) is 2.84. The van der Waals surface area contributed by atoms with E-state index >= 15 is 0 Å². The molecule has 0 radical (unpaired) electrons. The van der Waals surface area contributed by atoms with Crippen LogP contribution in [0.25, 0.3) is 0 Å². The topological polar surface area (TPSA) is 57.5 Å². The molecule has 1 aromatic rings. The number of carbonyl (C=O) groups is 1. The monoisotopic (exact) mass is 468 g/mol. The van der Waals surface area contributed by atoms with Gasteiger partial charge in [-0.1, -0.05) is 146 Å². The van der Waals surface area contributed by atoms with E-state index < -0.39 is 5.60 Å². The lowest BCUT2D eigenvalue weighted by molar-refractivity contribution is 0.0641. The van der Waals surface area contributed by atoms with E-state index in [4.69, 9.17) is 0 Å². The second-order valence-corrected chi connectivity index (χ2v) is 10.2. The molecular formula is C31H48O3. The lowest BCUT2D eigenvalue weighted by Crippen LogP contribution is -2.30. The van der Waals surface area contributed by atoms with Crippen LogP contribution < -0.4 is 0 Å². The van der Waals surface area contributed by atoms with Crippen molar-refractivity contribution in [2.45, 2.75) is 128 Å². The van der Waals surface area contributed by atoms with Gasteiger partial charge in [0.05, 0.1) is 11.2 Å². The Balaban J connectivity index is 1.48. The number of unbranched alkanes of at least 4 members (excludes halogenated alkanes) is 15. The van der Waals surface area contributed by atoms with Crippen molar-refractivity contribution in [3.8, 4) is 0 Å². The minimum atomic E-state index is -1.04. The summed E-state index contributed by atoms with van der Waals surface area (Å²) >= 11 is 0. The molecular weight excluding hydrogens is 420 g/mol. The van der Waals surface area contributed by atoms with E-state index in [0.29, 0.717) is 17.6 Å².